The van der Waals surface area contributed by atoms with Crippen LogP contribution in [0.2, 0.25) is 0 Å². The number of aromatic nitrogens is 2. The highest BCUT2D eigenvalue weighted by Crippen LogP contribution is 2.17. The first-order valence-corrected chi connectivity index (χ1v) is 9.06. The molecule has 0 spiro atoms. The normalized spacial score (nSPS) is 10.9. The first-order chi connectivity index (χ1) is 13.7. The number of carbonyl (C=O) groups excluding carboxylic acids is 2. The maximum Gasteiger partial charge on any atom is 0.286 e. The van der Waals surface area contributed by atoms with E-state index in [1.807, 2.05) is 59.2 Å². The van der Waals surface area contributed by atoms with Crippen molar-refractivity contribution in [3.63, 3.8) is 0 Å². The number of hydrogen-bond acceptors (Lipinski definition) is 4. The van der Waals surface area contributed by atoms with Crippen LogP contribution in [0.5, 0.6) is 0 Å². The van der Waals surface area contributed by atoms with E-state index in [4.69, 9.17) is 4.42 Å². The summed E-state index contributed by atoms with van der Waals surface area (Å²) in [7, 11) is 0. The number of furan rings is 1. The largest absolute Gasteiger partial charge is 0.459 e. The lowest BCUT2D eigenvalue weighted by Gasteiger charge is -2.09. The summed E-state index contributed by atoms with van der Waals surface area (Å²) in [6.45, 7) is 0.592. The molecule has 6 heteroatoms. The van der Waals surface area contributed by atoms with Gasteiger partial charge in [0.25, 0.3) is 5.91 Å². The van der Waals surface area contributed by atoms with E-state index in [2.05, 4.69) is 10.3 Å². The lowest BCUT2D eigenvalue weighted by Crippen LogP contribution is -2.26. The van der Waals surface area contributed by atoms with Crippen LogP contribution in [0, 0.1) is 0 Å². The van der Waals surface area contributed by atoms with Crippen LogP contribution in [0.25, 0.3) is 11.0 Å². The summed E-state index contributed by atoms with van der Waals surface area (Å²) in [6, 6.07) is 20.2. The molecule has 4 rings (SSSR count). The fourth-order valence-corrected chi connectivity index (χ4v) is 3.13. The molecule has 2 heterocycles. The highest BCUT2D eigenvalue weighted by Gasteiger charge is 2.15. The van der Waals surface area contributed by atoms with Crippen LogP contribution in [0.15, 0.2) is 77.4 Å². The quantitative estimate of drug-likeness (QED) is 0.503. The van der Waals surface area contributed by atoms with Crippen molar-refractivity contribution in [2.45, 2.75) is 13.0 Å². The Kier molecular flexibility index (Phi) is 5.01. The van der Waals surface area contributed by atoms with Crippen molar-refractivity contribution in [3.05, 3.63) is 90.1 Å². The Morgan fingerprint density at radius 3 is 2.54 bits per heavy atom. The average molecular weight is 373 g/mol. The lowest BCUT2D eigenvalue weighted by molar-refractivity contribution is 0.0923. The van der Waals surface area contributed by atoms with E-state index in [0.29, 0.717) is 18.5 Å². The number of nitrogens with one attached hydrogen (secondary N) is 1. The average Bonchev–Trinajstić information content (AvgIpc) is 3.38. The van der Waals surface area contributed by atoms with Crippen molar-refractivity contribution in [3.8, 4) is 0 Å². The van der Waals surface area contributed by atoms with Crippen molar-refractivity contribution in [1.29, 1.82) is 0 Å². The summed E-state index contributed by atoms with van der Waals surface area (Å²) in [5, 5.41) is 2.82. The maximum atomic E-state index is 12.7. The van der Waals surface area contributed by atoms with Gasteiger partial charge in [0.15, 0.2) is 11.5 Å². The van der Waals surface area contributed by atoms with E-state index in [-0.39, 0.29) is 24.0 Å². The second-order valence-electron chi connectivity index (χ2n) is 6.38. The van der Waals surface area contributed by atoms with Gasteiger partial charge in [-0.15, -0.1) is 0 Å². The Labute approximate surface area is 161 Å². The molecule has 6 nitrogen and oxygen atoms in total. The summed E-state index contributed by atoms with van der Waals surface area (Å²) in [5.41, 5.74) is 2.40. The molecule has 140 valence electrons. The molecule has 28 heavy (non-hydrogen) atoms. The molecule has 0 saturated carbocycles. The van der Waals surface area contributed by atoms with E-state index >= 15 is 0 Å². The molecule has 4 aromatic rings. The Balaban J connectivity index is 1.53. The van der Waals surface area contributed by atoms with E-state index in [1.54, 1.807) is 12.1 Å². The van der Waals surface area contributed by atoms with Crippen LogP contribution in [0.1, 0.15) is 26.7 Å². The summed E-state index contributed by atoms with van der Waals surface area (Å²) in [4.78, 5) is 29.4. The summed E-state index contributed by atoms with van der Waals surface area (Å²) in [6.07, 6.45) is 1.97. The zero-order valence-electron chi connectivity index (χ0n) is 15.2. The van der Waals surface area contributed by atoms with Gasteiger partial charge in [0.05, 0.1) is 23.8 Å². The van der Waals surface area contributed by atoms with Gasteiger partial charge in [0, 0.05) is 18.5 Å². The molecule has 1 N–H and O–H groups in total. The number of amides is 1. The number of nitrogens with zero attached hydrogens (tertiary/aromatic N) is 2. The topological polar surface area (TPSA) is 77.1 Å². The van der Waals surface area contributed by atoms with E-state index in [9.17, 15) is 9.59 Å². The Morgan fingerprint density at radius 1 is 0.964 bits per heavy atom. The van der Waals surface area contributed by atoms with Gasteiger partial charge in [-0.05, 0) is 24.3 Å². The standard InChI is InChI=1S/C22H19N3O3/c26-19(16-7-2-1-3-8-16)15-25-18-10-5-4-9-17(18)24-21(25)12-13-23-22(27)20-11-6-14-28-20/h1-11,14H,12-13,15H2,(H,23,27). The number of hydrogen-bond donors (Lipinski definition) is 1. The molecule has 0 aliphatic heterocycles. The molecule has 1 amide bonds. The fraction of sp³-hybridized carbons (Fsp3) is 0.136. The molecule has 0 saturated heterocycles. The summed E-state index contributed by atoms with van der Waals surface area (Å²) in [5.74, 6) is 0.774. The van der Waals surface area contributed by atoms with E-state index in [1.165, 1.54) is 6.26 Å². The van der Waals surface area contributed by atoms with Gasteiger partial charge in [0.2, 0.25) is 0 Å². The second-order valence-corrected chi connectivity index (χ2v) is 6.38. The predicted octanol–water partition coefficient (Wildman–Crippen LogP) is 3.48. The third kappa shape index (κ3) is 3.71. The zero-order chi connectivity index (χ0) is 19.3. The SMILES string of the molecule is O=C(Cn1c(CCNC(=O)c2ccco2)nc2ccccc21)c1ccccc1. The lowest BCUT2D eigenvalue weighted by atomic mass is 10.1. The van der Waals surface area contributed by atoms with Crippen LogP contribution in [-0.2, 0) is 13.0 Å². The van der Waals surface area contributed by atoms with Crippen LogP contribution in [0.3, 0.4) is 0 Å². The van der Waals surface area contributed by atoms with Gasteiger partial charge >= 0.3 is 0 Å². The molecular formula is C22H19N3O3. The number of benzene rings is 2. The first kappa shape index (κ1) is 17.7. The van der Waals surface area contributed by atoms with Gasteiger partial charge in [-0.3, -0.25) is 9.59 Å². The van der Waals surface area contributed by atoms with E-state index in [0.717, 1.165) is 16.9 Å². The second kappa shape index (κ2) is 7.92. The minimum Gasteiger partial charge on any atom is -0.459 e. The Hall–Kier alpha value is -3.67. The molecule has 2 aromatic heterocycles. The molecule has 0 fully saturated rings. The van der Waals surface area contributed by atoms with Crippen LogP contribution in [-0.4, -0.2) is 27.8 Å². The number of rotatable bonds is 7. The third-order valence-electron chi connectivity index (χ3n) is 4.51. The van der Waals surface area contributed by atoms with Crippen LogP contribution < -0.4 is 5.32 Å². The molecule has 0 aliphatic rings. The summed E-state index contributed by atoms with van der Waals surface area (Å²) < 4.78 is 7.01. The number of para-hydroxylation sites is 2. The molecular weight excluding hydrogens is 354 g/mol. The molecule has 0 unspecified atom stereocenters. The van der Waals surface area contributed by atoms with E-state index < -0.39 is 0 Å². The number of carbonyl (C=O) groups is 2. The van der Waals surface area contributed by atoms with Crippen molar-refractivity contribution in [2.24, 2.45) is 0 Å². The van der Waals surface area contributed by atoms with Crippen molar-refractivity contribution >= 4 is 22.7 Å². The van der Waals surface area contributed by atoms with Crippen molar-refractivity contribution in [1.82, 2.24) is 14.9 Å². The molecule has 0 radical (unpaired) electrons. The maximum absolute atomic E-state index is 12.7. The number of ketones is 1. The highest BCUT2D eigenvalue weighted by molar-refractivity contribution is 5.96. The number of imidazole rings is 1. The minimum absolute atomic E-state index is 0.0182. The molecule has 0 bridgehead atoms. The number of fused-ring (bicyclic) bond motifs is 1. The first-order valence-electron chi connectivity index (χ1n) is 9.06. The van der Waals surface area contributed by atoms with Gasteiger partial charge in [-0.25, -0.2) is 4.98 Å². The van der Waals surface area contributed by atoms with Gasteiger partial charge < -0.3 is 14.3 Å². The van der Waals surface area contributed by atoms with Crippen LogP contribution >= 0.6 is 0 Å². The zero-order valence-corrected chi connectivity index (χ0v) is 15.2. The minimum atomic E-state index is -0.270. The summed E-state index contributed by atoms with van der Waals surface area (Å²) >= 11 is 0. The van der Waals surface area contributed by atoms with Crippen LogP contribution in [0.4, 0.5) is 0 Å². The Bertz CT molecular complexity index is 1100. The third-order valence-corrected chi connectivity index (χ3v) is 4.51. The molecule has 2 aromatic carbocycles. The van der Waals surface area contributed by atoms with Gasteiger partial charge in [-0.2, -0.15) is 0 Å². The smallest absolute Gasteiger partial charge is 0.286 e. The predicted molar refractivity (Wildman–Crippen MR) is 105 cm³/mol. The van der Waals surface area contributed by atoms with Crippen molar-refractivity contribution < 1.29 is 14.0 Å². The fourth-order valence-electron chi connectivity index (χ4n) is 3.13. The molecule has 0 atom stereocenters. The van der Waals surface area contributed by atoms with Gasteiger partial charge in [0.1, 0.15) is 5.82 Å². The molecule has 0 aliphatic carbocycles. The highest BCUT2D eigenvalue weighted by atomic mass is 16.3. The van der Waals surface area contributed by atoms with Crippen molar-refractivity contribution in [2.75, 3.05) is 6.54 Å². The number of Topliss-reactive ketones (excluding diaryl/α,β-unsaturated/α-hetero) is 1. The monoisotopic (exact) mass is 373 g/mol. The van der Waals surface area contributed by atoms with Gasteiger partial charge in [-0.1, -0.05) is 42.5 Å². The Morgan fingerprint density at radius 2 is 1.75 bits per heavy atom.